The highest BCUT2D eigenvalue weighted by Gasteiger charge is 2.08. The molecule has 0 fully saturated rings. The van der Waals surface area contributed by atoms with Gasteiger partial charge < -0.3 is 14.2 Å². The predicted octanol–water partition coefficient (Wildman–Crippen LogP) is 3.26. The van der Waals surface area contributed by atoms with E-state index in [4.69, 9.17) is 9.47 Å². The number of methoxy groups -OCH3 is 1. The predicted molar refractivity (Wildman–Crippen MR) is 98.2 cm³/mol. The second kappa shape index (κ2) is 9.76. The number of non-ortho nitro benzene ring substituents is 1. The van der Waals surface area contributed by atoms with Gasteiger partial charge in [-0.25, -0.2) is 10.2 Å². The Bertz CT molecular complexity index is 820. The minimum Gasteiger partial charge on any atom is -0.490 e. The summed E-state index contributed by atoms with van der Waals surface area (Å²) in [7, 11) is 1.25. The van der Waals surface area contributed by atoms with E-state index in [9.17, 15) is 14.9 Å². The summed E-state index contributed by atoms with van der Waals surface area (Å²) in [5, 5.41) is 14.4. The third-order valence-corrected chi connectivity index (χ3v) is 3.36. The molecule has 0 aliphatic carbocycles. The van der Waals surface area contributed by atoms with Crippen LogP contribution in [0.5, 0.6) is 11.5 Å². The van der Waals surface area contributed by atoms with Gasteiger partial charge in [0.2, 0.25) is 0 Å². The minimum absolute atomic E-state index is 0.0259. The van der Waals surface area contributed by atoms with E-state index < -0.39 is 11.0 Å². The molecule has 142 valence electrons. The first-order valence-electron chi connectivity index (χ1n) is 8.03. The summed E-state index contributed by atoms with van der Waals surface area (Å²) in [5.74, 6) is 1.04. The van der Waals surface area contributed by atoms with Crippen molar-refractivity contribution in [3.63, 3.8) is 0 Å². The third-order valence-electron chi connectivity index (χ3n) is 3.36. The van der Waals surface area contributed by atoms with Crippen molar-refractivity contribution in [2.75, 3.05) is 13.7 Å². The molecule has 0 spiro atoms. The number of amides is 1. The molecule has 1 N–H and O–H groups in total. The largest absolute Gasteiger partial charge is 0.490 e. The molecule has 0 heterocycles. The van der Waals surface area contributed by atoms with Gasteiger partial charge in [0.05, 0.1) is 24.9 Å². The third kappa shape index (κ3) is 5.99. The summed E-state index contributed by atoms with van der Waals surface area (Å²) in [6, 6.07) is 11.3. The fourth-order valence-electron chi connectivity index (χ4n) is 2.07. The highest BCUT2D eigenvalue weighted by Crippen LogP contribution is 2.29. The number of hydrogen-bond donors (Lipinski definition) is 1. The van der Waals surface area contributed by atoms with Gasteiger partial charge in [-0.15, -0.1) is 0 Å². The van der Waals surface area contributed by atoms with Crippen LogP contribution in [0.4, 0.5) is 10.5 Å². The van der Waals surface area contributed by atoms with Crippen LogP contribution in [0.15, 0.2) is 47.6 Å². The molecule has 9 nitrogen and oxygen atoms in total. The van der Waals surface area contributed by atoms with Gasteiger partial charge in [-0.2, -0.15) is 5.10 Å². The van der Waals surface area contributed by atoms with E-state index >= 15 is 0 Å². The number of carbonyl (C=O) groups is 1. The Morgan fingerprint density at radius 2 is 1.93 bits per heavy atom. The average Bonchev–Trinajstić information content (AvgIpc) is 2.67. The number of ether oxygens (including phenoxy) is 3. The quantitative estimate of drug-likeness (QED) is 0.432. The van der Waals surface area contributed by atoms with Gasteiger partial charge in [-0.3, -0.25) is 10.1 Å². The van der Waals surface area contributed by atoms with Crippen LogP contribution < -0.4 is 14.9 Å². The molecule has 2 aromatic rings. The lowest BCUT2D eigenvalue weighted by molar-refractivity contribution is -0.384. The van der Waals surface area contributed by atoms with Crippen LogP contribution in [0, 0.1) is 10.1 Å². The summed E-state index contributed by atoms with van der Waals surface area (Å²) in [6.45, 7) is 2.52. The zero-order chi connectivity index (χ0) is 19.6. The highest BCUT2D eigenvalue weighted by atomic mass is 16.6. The van der Waals surface area contributed by atoms with Crippen molar-refractivity contribution in [1.82, 2.24) is 5.43 Å². The molecule has 0 aromatic heterocycles. The minimum atomic E-state index is -0.667. The van der Waals surface area contributed by atoms with Gasteiger partial charge in [-0.1, -0.05) is 0 Å². The molecule has 0 saturated heterocycles. The Morgan fingerprint density at radius 3 is 2.56 bits per heavy atom. The SMILES string of the molecule is CCOc1cc(/C=N/NC(=O)OC)ccc1OCc1ccc([N+](=O)[O-])cc1. The molecule has 0 radical (unpaired) electrons. The molecule has 0 atom stereocenters. The van der Waals surface area contributed by atoms with E-state index in [2.05, 4.69) is 15.3 Å². The first-order chi connectivity index (χ1) is 13.0. The number of benzene rings is 2. The Kier molecular flexibility index (Phi) is 7.12. The number of carbonyl (C=O) groups excluding carboxylic acids is 1. The fourth-order valence-corrected chi connectivity index (χ4v) is 2.07. The van der Waals surface area contributed by atoms with Crippen LogP contribution in [-0.4, -0.2) is 30.9 Å². The maximum atomic E-state index is 11.0. The van der Waals surface area contributed by atoms with Crippen LogP contribution in [0.1, 0.15) is 18.1 Å². The number of nitro groups is 1. The van der Waals surface area contributed by atoms with Gasteiger partial charge in [0.1, 0.15) is 6.61 Å². The van der Waals surface area contributed by atoms with Gasteiger partial charge in [-0.05, 0) is 48.4 Å². The monoisotopic (exact) mass is 373 g/mol. The van der Waals surface area contributed by atoms with Gasteiger partial charge >= 0.3 is 6.09 Å². The fraction of sp³-hybridized carbons (Fsp3) is 0.222. The van der Waals surface area contributed by atoms with Crippen LogP contribution >= 0.6 is 0 Å². The maximum Gasteiger partial charge on any atom is 0.427 e. The van der Waals surface area contributed by atoms with Crippen molar-refractivity contribution in [2.24, 2.45) is 5.10 Å². The zero-order valence-corrected chi connectivity index (χ0v) is 14.9. The Hall–Kier alpha value is -3.62. The van der Waals surface area contributed by atoms with Gasteiger partial charge in [0.15, 0.2) is 11.5 Å². The second-order valence-electron chi connectivity index (χ2n) is 5.21. The van der Waals surface area contributed by atoms with Crippen molar-refractivity contribution in [3.8, 4) is 11.5 Å². The average molecular weight is 373 g/mol. The Morgan fingerprint density at radius 1 is 1.19 bits per heavy atom. The lowest BCUT2D eigenvalue weighted by Crippen LogP contribution is -2.16. The second-order valence-corrected chi connectivity index (χ2v) is 5.21. The first kappa shape index (κ1) is 19.7. The van der Waals surface area contributed by atoms with E-state index in [0.29, 0.717) is 23.7 Å². The molecule has 27 heavy (non-hydrogen) atoms. The van der Waals surface area contributed by atoms with Gasteiger partial charge in [0, 0.05) is 12.1 Å². The van der Waals surface area contributed by atoms with E-state index in [1.54, 1.807) is 30.3 Å². The maximum absolute atomic E-state index is 11.0. The summed E-state index contributed by atoms with van der Waals surface area (Å²) in [5.41, 5.74) is 3.70. The van der Waals surface area contributed by atoms with Crippen LogP contribution in [0.25, 0.3) is 0 Å². The van der Waals surface area contributed by atoms with Crippen molar-refractivity contribution in [2.45, 2.75) is 13.5 Å². The smallest absolute Gasteiger partial charge is 0.427 e. The van der Waals surface area contributed by atoms with Crippen LogP contribution in [0.3, 0.4) is 0 Å². The molecule has 2 rings (SSSR count). The number of hydrogen-bond acceptors (Lipinski definition) is 7. The lowest BCUT2D eigenvalue weighted by Gasteiger charge is -2.12. The molecule has 0 aliphatic rings. The molecular weight excluding hydrogens is 354 g/mol. The van der Waals surface area contributed by atoms with Gasteiger partial charge in [0.25, 0.3) is 5.69 Å². The van der Waals surface area contributed by atoms with Crippen LogP contribution in [-0.2, 0) is 11.3 Å². The summed E-state index contributed by atoms with van der Waals surface area (Å²) in [6.07, 6.45) is 0.777. The molecular formula is C18H19N3O6. The topological polar surface area (TPSA) is 112 Å². The van der Waals surface area contributed by atoms with Crippen LogP contribution in [0.2, 0.25) is 0 Å². The molecule has 0 aliphatic heterocycles. The standard InChI is InChI=1S/C18H19N3O6/c1-3-26-17-10-14(11-19-20-18(22)25-2)6-9-16(17)27-12-13-4-7-15(8-5-13)21(23)24/h4-11H,3,12H2,1-2H3,(H,20,22)/b19-11+. The highest BCUT2D eigenvalue weighted by molar-refractivity contribution is 5.82. The Labute approximate surface area is 155 Å². The number of nitro benzene ring substituents is 1. The molecule has 1 amide bonds. The first-order valence-corrected chi connectivity index (χ1v) is 8.03. The van der Waals surface area contributed by atoms with Crippen molar-refractivity contribution in [1.29, 1.82) is 0 Å². The van der Waals surface area contributed by atoms with Crippen molar-refractivity contribution >= 4 is 18.0 Å². The van der Waals surface area contributed by atoms with E-state index in [0.717, 1.165) is 5.56 Å². The molecule has 0 unspecified atom stereocenters. The number of rotatable bonds is 8. The zero-order valence-electron chi connectivity index (χ0n) is 14.9. The lowest BCUT2D eigenvalue weighted by atomic mass is 10.2. The molecule has 0 bridgehead atoms. The summed E-state index contributed by atoms with van der Waals surface area (Å²) < 4.78 is 15.8. The summed E-state index contributed by atoms with van der Waals surface area (Å²) in [4.78, 5) is 21.2. The Balaban J connectivity index is 2.06. The molecule has 9 heteroatoms. The van der Waals surface area contributed by atoms with E-state index in [1.165, 1.54) is 25.5 Å². The number of nitrogens with one attached hydrogen (secondary N) is 1. The van der Waals surface area contributed by atoms with E-state index in [1.807, 2.05) is 6.92 Å². The molecule has 2 aromatic carbocycles. The normalized spacial score (nSPS) is 10.4. The van der Waals surface area contributed by atoms with E-state index in [-0.39, 0.29) is 12.3 Å². The van der Waals surface area contributed by atoms with Crippen molar-refractivity contribution in [3.05, 3.63) is 63.7 Å². The number of hydrazone groups is 1. The summed E-state index contributed by atoms with van der Waals surface area (Å²) >= 11 is 0. The van der Waals surface area contributed by atoms with Crippen molar-refractivity contribution < 1.29 is 23.9 Å². The number of nitrogens with zero attached hydrogens (tertiary/aromatic N) is 2. The molecule has 0 saturated carbocycles.